The molecule has 1 amide bonds. The summed E-state index contributed by atoms with van der Waals surface area (Å²) in [5.74, 6) is 0.163. The molecule has 13 heteroatoms. The smallest absolute Gasteiger partial charge is 0.307 e. The highest BCUT2D eigenvalue weighted by atomic mass is 35.5. The third-order valence-electron chi connectivity index (χ3n) is 3.57. The van der Waals surface area contributed by atoms with Gasteiger partial charge in [0.25, 0.3) is 11.6 Å². The van der Waals surface area contributed by atoms with Gasteiger partial charge in [-0.25, -0.2) is 5.43 Å². The summed E-state index contributed by atoms with van der Waals surface area (Å²) in [5, 5.41) is 28.8. The van der Waals surface area contributed by atoms with Crippen LogP contribution in [0.2, 0.25) is 5.02 Å². The van der Waals surface area contributed by atoms with E-state index < -0.39 is 15.8 Å². The number of carbonyl (C=O) groups excluding carboxylic acids is 1. The molecule has 0 spiro atoms. The molecular weight excluding hydrogens is 408 g/mol. The number of halogens is 1. The van der Waals surface area contributed by atoms with E-state index in [1.807, 2.05) is 0 Å². The van der Waals surface area contributed by atoms with Crippen LogP contribution < -0.4 is 5.43 Å². The summed E-state index contributed by atoms with van der Waals surface area (Å²) >= 11 is 5.88. The highest BCUT2D eigenvalue weighted by molar-refractivity contribution is 6.32. The third kappa shape index (κ3) is 4.81. The number of hydrogen-bond acceptors (Lipinski definition) is 8. The lowest BCUT2D eigenvalue weighted by atomic mass is 10.1. The van der Waals surface area contributed by atoms with Gasteiger partial charge in [-0.05, 0) is 24.3 Å². The number of nitrogens with one attached hydrogen (secondary N) is 1. The van der Waals surface area contributed by atoms with Crippen molar-refractivity contribution >= 4 is 35.1 Å². The minimum atomic E-state index is -0.619. The first-order valence-electron chi connectivity index (χ1n) is 7.86. The summed E-state index contributed by atoms with van der Waals surface area (Å²) in [4.78, 5) is 32.0. The molecule has 3 aromatic rings. The summed E-state index contributed by atoms with van der Waals surface area (Å²) in [6, 6.07) is 7.37. The largest absolute Gasteiger partial charge is 0.455 e. The topological polar surface area (TPSA) is 159 Å². The van der Waals surface area contributed by atoms with Crippen LogP contribution in [0.15, 0.2) is 52.2 Å². The number of rotatable bonds is 7. The number of aromatic nitrogens is 2. The number of furan rings is 1. The van der Waals surface area contributed by atoms with Crippen molar-refractivity contribution in [1.29, 1.82) is 0 Å². The van der Waals surface area contributed by atoms with E-state index in [1.165, 1.54) is 24.4 Å². The Morgan fingerprint density at radius 3 is 2.72 bits per heavy atom. The molecule has 0 saturated heterocycles. The van der Waals surface area contributed by atoms with Crippen LogP contribution >= 0.6 is 11.6 Å². The van der Waals surface area contributed by atoms with E-state index in [-0.39, 0.29) is 22.9 Å². The van der Waals surface area contributed by atoms with Crippen LogP contribution in [0.3, 0.4) is 0 Å². The fraction of sp³-hybridized carbons (Fsp3) is 0.0625. The van der Waals surface area contributed by atoms with E-state index >= 15 is 0 Å². The van der Waals surface area contributed by atoms with E-state index in [9.17, 15) is 25.0 Å². The van der Waals surface area contributed by atoms with Gasteiger partial charge in [0.15, 0.2) is 0 Å². The van der Waals surface area contributed by atoms with E-state index in [4.69, 9.17) is 16.0 Å². The van der Waals surface area contributed by atoms with Crippen molar-refractivity contribution in [3.05, 3.63) is 73.7 Å². The molecule has 0 aliphatic rings. The molecule has 0 aliphatic carbocycles. The molecule has 0 unspecified atom stereocenters. The summed E-state index contributed by atoms with van der Waals surface area (Å²) in [7, 11) is 0. The SMILES string of the molecule is O=C(Cn1cc([N+](=O)[O-])cn1)N/N=C\c1ccc(-c2ccc([N+](=O)[O-])c(Cl)c2)o1. The van der Waals surface area contributed by atoms with E-state index in [2.05, 4.69) is 15.6 Å². The van der Waals surface area contributed by atoms with Crippen molar-refractivity contribution in [3.63, 3.8) is 0 Å². The lowest BCUT2D eigenvalue weighted by Crippen LogP contribution is -2.23. The first-order valence-corrected chi connectivity index (χ1v) is 8.24. The fourth-order valence-electron chi connectivity index (χ4n) is 2.27. The Labute approximate surface area is 166 Å². The second kappa shape index (κ2) is 8.31. The highest BCUT2D eigenvalue weighted by Crippen LogP contribution is 2.30. The standard InChI is InChI=1S/C16H11ClN6O6/c17-13-5-10(1-3-14(13)23(27)28)15-4-2-12(29-15)7-18-20-16(24)9-21-8-11(6-19-21)22(25)26/h1-8H,9H2,(H,20,24)/b18-7-. The number of carbonyl (C=O) groups is 1. The van der Waals surface area contributed by atoms with Crippen molar-refractivity contribution in [2.24, 2.45) is 5.10 Å². The lowest BCUT2D eigenvalue weighted by molar-refractivity contribution is -0.385. The zero-order valence-corrected chi connectivity index (χ0v) is 15.1. The summed E-state index contributed by atoms with van der Waals surface area (Å²) in [6.07, 6.45) is 3.41. The van der Waals surface area contributed by atoms with E-state index in [0.717, 1.165) is 17.1 Å². The van der Waals surface area contributed by atoms with Gasteiger partial charge in [-0.2, -0.15) is 10.2 Å². The zero-order valence-electron chi connectivity index (χ0n) is 14.4. The Balaban J connectivity index is 1.60. The molecular formula is C16H11ClN6O6. The molecule has 0 fully saturated rings. The maximum atomic E-state index is 11.8. The van der Waals surface area contributed by atoms with Gasteiger partial charge < -0.3 is 4.42 Å². The Morgan fingerprint density at radius 2 is 2.07 bits per heavy atom. The van der Waals surface area contributed by atoms with Crippen LogP contribution in [0.5, 0.6) is 0 Å². The second-order valence-corrected chi connectivity index (χ2v) is 5.98. The Bertz CT molecular complexity index is 1120. The molecule has 0 atom stereocenters. The molecule has 148 valence electrons. The Kier molecular flexibility index (Phi) is 5.64. The van der Waals surface area contributed by atoms with Gasteiger partial charge in [0.2, 0.25) is 0 Å². The van der Waals surface area contributed by atoms with Gasteiger partial charge in [0.1, 0.15) is 35.5 Å². The van der Waals surface area contributed by atoms with Crippen molar-refractivity contribution in [2.45, 2.75) is 6.54 Å². The van der Waals surface area contributed by atoms with Gasteiger partial charge >= 0.3 is 5.69 Å². The number of amides is 1. The second-order valence-electron chi connectivity index (χ2n) is 5.57. The minimum absolute atomic E-state index is 0.0229. The maximum Gasteiger partial charge on any atom is 0.307 e. The van der Waals surface area contributed by atoms with Gasteiger partial charge in [0, 0.05) is 11.6 Å². The molecule has 0 bridgehead atoms. The molecule has 2 heterocycles. The summed E-state index contributed by atoms with van der Waals surface area (Å²) in [6.45, 7) is -0.254. The maximum absolute atomic E-state index is 11.8. The number of nitro groups is 2. The van der Waals surface area contributed by atoms with Crippen molar-refractivity contribution < 1.29 is 19.1 Å². The Morgan fingerprint density at radius 1 is 1.28 bits per heavy atom. The molecule has 1 N–H and O–H groups in total. The average Bonchev–Trinajstić information content (AvgIpc) is 3.31. The molecule has 3 rings (SSSR count). The van der Waals surface area contributed by atoms with Gasteiger partial charge in [-0.1, -0.05) is 11.6 Å². The third-order valence-corrected chi connectivity index (χ3v) is 3.88. The monoisotopic (exact) mass is 418 g/mol. The molecule has 2 aromatic heterocycles. The number of nitrogens with zero attached hydrogens (tertiary/aromatic N) is 5. The Hall–Kier alpha value is -4.06. The molecule has 1 aromatic carbocycles. The van der Waals surface area contributed by atoms with Crippen LogP contribution in [0.4, 0.5) is 11.4 Å². The summed E-state index contributed by atoms with van der Waals surface area (Å²) < 4.78 is 6.64. The fourth-order valence-corrected chi connectivity index (χ4v) is 2.52. The van der Waals surface area contributed by atoms with E-state index in [0.29, 0.717) is 17.1 Å². The van der Waals surface area contributed by atoms with Crippen molar-refractivity contribution in [3.8, 4) is 11.3 Å². The van der Waals surface area contributed by atoms with E-state index in [1.54, 1.807) is 12.1 Å². The highest BCUT2D eigenvalue weighted by Gasteiger charge is 2.14. The van der Waals surface area contributed by atoms with Crippen molar-refractivity contribution in [1.82, 2.24) is 15.2 Å². The molecule has 29 heavy (non-hydrogen) atoms. The van der Waals surface area contributed by atoms with Gasteiger partial charge in [-0.3, -0.25) is 29.7 Å². The number of hydrogen-bond donors (Lipinski definition) is 1. The molecule has 0 saturated carbocycles. The number of hydrazone groups is 1. The summed E-state index contributed by atoms with van der Waals surface area (Å²) in [5.41, 5.74) is 2.33. The number of benzene rings is 1. The van der Waals surface area contributed by atoms with Crippen LogP contribution in [-0.2, 0) is 11.3 Å². The average molecular weight is 419 g/mol. The predicted octanol–water partition coefficient (Wildman–Crippen LogP) is 2.76. The van der Waals surface area contributed by atoms with Gasteiger partial charge in [0.05, 0.1) is 16.1 Å². The number of nitro benzene ring substituents is 1. The molecule has 0 aliphatic heterocycles. The van der Waals surface area contributed by atoms with Crippen LogP contribution in [0.25, 0.3) is 11.3 Å². The predicted molar refractivity (Wildman–Crippen MR) is 100 cm³/mol. The van der Waals surface area contributed by atoms with Crippen LogP contribution in [0.1, 0.15) is 5.76 Å². The van der Waals surface area contributed by atoms with Crippen LogP contribution in [-0.4, -0.2) is 31.7 Å². The zero-order chi connectivity index (χ0) is 21.0. The minimum Gasteiger partial charge on any atom is -0.455 e. The quantitative estimate of drug-likeness (QED) is 0.350. The first-order chi connectivity index (χ1) is 13.8. The lowest BCUT2D eigenvalue weighted by Gasteiger charge is -1.99. The van der Waals surface area contributed by atoms with Crippen molar-refractivity contribution in [2.75, 3.05) is 0 Å². The molecule has 0 radical (unpaired) electrons. The van der Waals surface area contributed by atoms with Gasteiger partial charge in [-0.15, -0.1) is 0 Å². The normalized spacial score (nSPS) is 10.9. The molecule has 12 nitrogen and oxygen atoms in total. The first kappa shape index (κ1) is 19.7. The van der Waals surface area contributed by atoms with Crippen LogP contribution in [0, 0.1) is 20.2 Å².